The van der Waals surface area contributed by atoms with E-state index in [1.807, 2.05) is 48.5 Å². The summed E-state index contributed by atoms with van der Waals surface area (Å²) in [5, 5.41) is 5.72. The van der Waals surface area contributed by atoms with Gasteiger partial charge in [0.25, 0.3) is 0 Å². The van der Waals surface area contributed by atoms with Crippen LogP contribution < -0.4 is 10.1 Å². The van der Waals surface area contributed by atoms with Crippen LogP contribution in [0.2, 0.25) is 0 Å². The largest absolute Gasteiger partial charge is 0.472 e. The van der Waals surface area contributed by atoms with Crippen molar-refractivity contribution in [3.05, 3.63) is 61.2 Å². The van der Waals surface area contributed by atoms with Crippen molar-refractivity contribution in [3.8, 4) is 5.88 Å². The van der Waals surface area contributed by atoms with Crippen LogP contribution in [0.1, 0.15) is 40.5 Å². The molecule has 1 aliphatic carbocycles. The van der Waals surface area contributed by atoms with Gasteiger partial charge in [0.15, 0.2) is 0 Å². The number of rotatable bonds is 7. The van der Waals surface area contributed by atoms with Crippen molar-refractivity contribution in [1.29, 1.82) is 0 Å². The molecule has 2 fully saturated rings. The number of carbonyl (C=O) groups is 3. The molecule has 1 aromatic heterocycles. The third kappa shape index (κ3) is 5.20. The first-order valence-corrected chi connectivity index (χ1v) is 13.6. The van der Waals surface area contributed by atoms with Crippen LogP contribution in [0.5, 0.6) is 5.88 Å². The van der Waals surface area contributed by atoms with Gasteiger partial charge in [0.2, 0.25) is 11.8 Å². The number of esters is 1. The highest BCUT2D eigenvalue weighted by atomic mass is 16.6. The standard InChI is InChI=1S/C31H35N3O6/c1-6-19-17-31(19,28(36)38-7-2)33-26(35)25-16-20(18-34(25)29(37)40-30(3,4)5)39-27-23-14-9-8-12-21(23)22-13-10-11-15-24(22)32-27/h6,8-15,19-20,25H,1,7,16-18H2,2-5H3,(H,33,35)/t19?,20-,25+,31?/m1/s1. The van der Waals surface area contributed by atoms with Gasteiger partial charge in [0.05, 0.1) is 18.7 Å². The summed E-state index contributed by atoms with van der Waals surface area (Å²) in [4.78, 5) is 45.8. The molecule has 3 aromatic rings. The van der Waals surface area contributed by atoms with Crippen LogP contribution in [0.3, 0.4) is 0 Å². The van der Waals surface area contributed by atoms with Gasteiger partial charge in [0.1, 0.15) is 23.3 Å². The summed E-state index contributed by atoms with van der Waals surface area (Å²) in [6.07, 6.45) is 1.07. The van der Waals surface area contributed by atoms with E-state index in [9.17, 15) is 14.4 Å². The fourth-order valence-corrected chi connectivity index (χ4v) is 5.34. The molecule has 2 heterocycles. The van der Waals surface area contributed by atoms with Gasteiger partial charge in [-0.3, -0.25) is 9.69 Å². The molecule has 5 rings (SSSR count). The summed E-state index contributed by atoms with van der Waals surface area (Å²) in [6.45, 7) is 11.1. The number of fused-ring (bicyclic) bond motifs is 3. The number of amides is 2. The fraction of sp³-hybridized carbons (Fsp3) is 0.419. The Morgan fingerprint density at radius 3 is 2.42 bits per heavy atom. The predicted molar refractivity (Wildman–Crippen MR) is 151 cm³/mol. The smallest absolute Gasteiger partial charge is 0.411 e. The average Bonchev–Trinajstić information content (AvgIpc) is 3.47. The van der Waals surface area contributed by atoms with Crippen LogP contribution in [-0.4, -0.2) is 64.3 Å². The Morgan fingerprint density at radius 1 is 1.10 bits per heavy atom. The number of nitrogens with one attached hydrogen (secondary N) is 1. The lowest BCUT2D eigenvalue weighted by atomic mass is 10.1. The molecule has 1 aliphatic heterocycles. The zero-order valence-corrected chi connectivity index (χ0v) is 23.3. The lowest BCUT2D eigenvalue weighted by molar-refractivity contribution is -0.149. The topological polar surface area (TPSA) is 107 Å². The third-order valence-corrected chi connectivity index (χ3v) is 7.33. The fourth-order valence-electron chi connectivity index (χ4n) is 5.34. The van der Waals surface area contributed by atoms with E-state index in [0.29, 0.717) is 12.3 Å². The second-order valence-corrected chi connectivity index (χ2v) is 11.3. The lowest BCUT2D eigenvalue weighted by Gasteiger charge is -2.28. The van der Waals surface area contributed by atoms with Crippen molar-refractivity contribution in [2.75, 3.05) is 13.2 Å². The summed E-state index contributed by atoms with van der Waals surface area (Å²) in [5.74, 6) is -0.783. The van der Waals surface area contributed by atoms with Crippen LogP contribution in [0.25, 0.3) is 21.7 Å². The Bertz CT molecular complexity index is 1480. The second-order valence-electron chi connectivity index (χ2n) is 11.3. The zero-order valence-electron chi connectivity index (χ0n) is 23.3. The van der Waals surface area contributed by atoms with Crippen molar-refractivity contribution in [1.82, 2.24) is 15.2 Å². The molecule has 2 unspecified atom stereocenters. The van der Waals surface area contributed by atoms with Crippen LogP contribution in [-0.2, 0) is 19.1 Å². The molecule has 210 valence electrons. The number of carbonyl (C=O) groups excluding carboxylic acids is 3. The summed E-state index contributed by atoms with van der Waals surface area (Å²) in [6, 6.07) is 14.8. The Morgan fingerprint density at radius 2 is 1.77 bits per heavy atom. The Kier molecular flexibility index (Phi) is 7.16. The molecule has 2 amide bonds. The van der Waals surface area contributed by atoms with Crippen LogP contribution >= 0.6 is 0 Å². The molecule has 9 heteroatoms. The number of pyridine rings is 1. The Balaban J connectivity index is 1.43. The Hall–Kier alpha value is -4.14. The third-order valence-electron chi connectivity index (χ3n) is 7.33. The molecule has 0 radical (unpaired) electrons. The minimum Gasteiger partial charge on any atom is -0.472 e. The zero-order chi connectivity index (χ0) is 28.7. The van der Waals surface area contributed by atoms with Gasteiger partial charge in [0, 0.05) is 23.1 Å². The van der Waals surface area contributed by atoms with Gasteiger partial charge in [-0.1, -0.05) is 42.5 Å². The van der Waals surface area contributed by atoms with Crippen molar-refractivity contribution < 1.29 is 28.6 Å². The van der Waals surface area contributed by atoms with E-state index < -0.39 is 41.3 Å². The number of nitrogens with zero attached hydrogens (tertiary/aromatic N) is 2. The maximum atomic E-state index is 13.7. The average molecular weight is 546 g/mol. The summed E-state index contributed by atoms with van der Waals surface area (Å²) >= 11 is 0. The molecule has 9 nitrogen and oxygen atoms in total. The Labute approximate surface area is 233 Å². The minimum atomic E-state index is -1.18. The first-order chi connectivity index (χ1) is 19.1. The lowest BCUT2D eigenvalue weighted by Crippen LogP contribution is -2.53. The summed E-state index contributed by atoms with van der Waals surface area (Å²) in [5.41, 5.74) is -1.15. The minimum absolute atomic E-state index is 0.118. The van der Waals surface area contributed by atoms with E-state index in [-0.39, 0.29) is 25.5 Å². The number of likely N-dealkylation sites (tertiary alicyclic amines) is 1. The molecule has 0 bridgehead atoms. The van der Waals surface area contributed by atoms with Gasteiger partial charge in [-0.15, -0.1) is 6.58 Å². The highest BCUT2D eigenvalue weighted by molar-refractivity contribution is 6.07. The summed E-state index contributed by atoms with van der Waals surface area (Å²) < 4.78 is 17.3. The van der Waals surface area contributed by atoms with E-state index >= 15 is 0 Å². The molecular weight excluding hydrogens is 510 g/mol. The molecule has 2 aliphatic rings. The van der Waals surface area contributed by atoms with Crippen molar-refractivity contribution >= 4 is 39.6 Å². The number of benzene rings is 2. The van der Waals surface area contributed by atoms with E-state index in [0.717, 1.165) is 21.7 Å². The van der Waals surface area contributed by atoms with Gasteiger partial charge in [-0.2, -0.15) is 0 Å². The van der Waals surface area contributed by atoms with Gasteiger partial charge in [-0.25, -0.2) is 14.6 Å². The number of aromatic nitrogens is 1. The molecule has 1 N–H and O–H groups in total. The number of para-hydroxylation sites is 1. The molecule has 40 heavy (non-hydrogen) atoms. The van der Waals surface area contributed by atoms with Crippen LogP contribution in [0, 0.1) is 5.92 Å². The number of hydrogen-bond acceptors (Lipinski definition) is 7. The van der Waals surface area contributed by atoms with Crippen molar-refractivity contribution in [3.63, 3.8) is 0 Å². The van der Waals surface area contributed by atoms with Gasteiger partial charge < -0.3 is 19.5 Å². The first-order valence-electron chi connectivity index (χ1n) is 13.6. The first kappa shape index (κ1) is 27.4. The van der Waals surface area contributed by atoms with Crippen molar-refractivity contribution in [2.45, 2.75) is 63.8 Å². The maximum Gasteiger partial charge on any atom is 0.411 e. The summed E-state index contributed by atoms with van der Waals surface area (Å²) in [7, 11) is 0. The number of hydrogen-bond donors (Lipinski definition) is 1. The van der Waals surface area contributed by atoms with E-state index in [2.05, 4.69) is 11.9 Å². The second kappa shape index (κ2) is 10.4. The maximum absolute atomic E-state index is 13.7. The van der Waals surface area contributed by atoms with E-state index in [1.165, 1.54) is 4.90 Å². The molecular formula is C31H35N3O6. The SMILES string of the molecule is C=CC1CC1(NC(=O)[C@@H]1C[C@@H](Oc2nc3ccccc3c3ccccc23)CN1C(=O)OC(C)(C)C)C(=O)OCC. The quantitative estimate of drug-likeness (QED) is 0.259. The monoisotopic (exact) mass is 545 g/mol. The predicted octanol–water partition coefficient (Wildman–Crippen LogP) is 4.77. The molecule has 1 saturated heterocycles. The van der Waals surface area contributed by atoms with Gasteiger partial charge in [-0.05, 0) is 51.6 Å². The molecule has 0 spiro atoms. The molecule has 4 atom stereocenters. The van der Waals surface area contributed by atoms with E-state index in [1.54, 1.807) is 33.8 Å². The number of ether oxygens (including phenoxy) is 3. The van der Waals surface area contributed by atoms with E-state index in [4.69, 9.17) is 19.2 Å². The van der Waals surface area contributed by atoms with Crippen LogP contribution in [0.15, 0.2) is 61.2 Å². The normalized spacial score (nSPS) is 24.0. The highest BCUT2D eigenvalue weighted by Crippen LogP contribution is 2.46. The highest BCUT2D eigenvalue weighted by Gasteiger charge is 2.62. The molecule has 1 saturated carbocycles. The van der Waals surface area contributed by atoms with Gasteiger partial charge >= 0.3 is 12.1 Å². The van der Waals surface area contributed by atoms with Crippen molar-refractivity contribution in [2.24, 2.45) is 5.92 Å². The molecule has 2 aromatic carbocycles. The van der Waals surface area contributed by atoms with Crippen LogP contribution in [0.4, 0.5) is 4.79 Å².